The van der Waals surface area contributed by atoms with Crippen molar-refractivity contribution in [2.24, 2.45) is 5.92 Å². The van der Waals surface area contributed by atoms with Crippen molar-refractivity contribution in [2.45, 2.75) is 12.3 Å². The number of alkyl halides is 2. The third kappa shape index (κ3) is 2.66. The number of rotatable bonds is 3. The number of nitrogens with zero attached hydrogens (tertiary/aromatic N) is 1. The summed E-state index contributed by atoms with van der Waals surface area (Å²) in [6, 6.07) is 3.55. The van der Waals surface area contributed by atoms with Gasteiger partial charge >= 0.3 is 0 Å². The molecule has 0 amide bonds. The molecule has 16 heavy (non-hydrogen) atoms. The Morgan fingerprint density at radius 2 is 2.19 bits per heavy atom. The lowest BCUT2D eigenvalue weighted by molar-refractivity contribution is -0.0678. The average molecular weight is 227 g/mol. The Balaban J connectivity index is 1.90. The van der Waals surface area contributed by atoms with Crippen LogP contribution in [0.5, 0.6) is 0 Å². The molecule has 88 valence electrons. The Morgan fingerprint density at radius 3 is 2.88 bits per heavy atom. The number of hydrogen-bond donors (Lipinski definition) is 2. The number of nitrogens with one attached hydrogen (secondary N) is 2. The van der Waals surface area contributed by atoms with Crippen molar-refractivity contribution >= 4 is 5.69 Å². The van der Waals surface area contributed by atoms with E-state index in [1.54, 1.807) is 24.5 Å². The van der Waals surface area contributed by atoms with E-state index in [-0.39, 0.29) is 6.54 Å². The second kappa shape index (κ2) is 4.74. The zero-order valence-corrected chi connectivity index (χ0v) is 8.92. The lowest BCUT2D eigenvalue weighted by Crippen LogP contribution is -2.48. The molecule has 0 radical (unpaired) electrons. The van der Waals surface area contributed by atoms with Gasteiger partial charge in [0, 0.05) is 30.5 Å². The highest BCUT2D eigenvalue weighted by Gasteiger charge is 2.41. The maximum Gasteiger partial charge on any atom is 0.264 e. The van der Waals surface area contributed by atoms with Gasteiger partial charge in [-0.05, 0) is 25.1 Å². The van der Waals surface area contributed by atoms with Crippen molar-refractivity contribution in [3.63, 3.8) is 0 Å². The van der Waals surface area contributed by atoms with Crippen LogP contribution in [-0.4, -0.2) is 30.5 Å². The Morgan fingerprint density at radius 1 is 1.44 bits per heavy atom. The van der Waals surface area contributed by atoms with Crippen LogP contribution in [0, 0.1) is 5.92 Å². The molecule has 3 nitrogen and oxygen atoms in total. The van der Waals surface area contributed by atoms with Crippen molar-refractivity contribution in [2.75, 3.05) is 25.0 Å². The average Bonchev–Trinajstić information content (AvgIpc) is 2.28. The van der Waals surface area contributed by atoms with Gasteiger partial charge in [0.05, 0.1) is 6.54 Å². The first-order valence-electron chi connectivity index (χ1n) is 5.41. The van der Waals surface area contributed by atoms with Crippen LogP contribution >= 0.6 is 0 Å². The zero-order valence-electron chi connectivity index (χ0n) is 8.92. The van der Waals surface area contributed by atoms with Crippen molar-refractivity contribution in [3.05, 3.63) is 24.5 Å². The molecular formula is C11H15F2N3. The van der Waals surface area contributed by atoms with Gasteiger partial charge in [0.1, 0.15) is 0 Å². The summed E-state index contributed by atoms with van der Waals surface area (Å²) in [5.74, 6) is -3.21. The lowest BCUT2D eigenvalue weighted by atomic mass is 9.94. The summed E-state index contributed by atoms with van der Waals surface area (Å²) in [7, 11) is 0. The van der Waals surface area contributed by atoms with E-state index >= 15 is 0 Å². The largest absolute Gasteiger partial charge is 0.384 e. The van der Waals surface area contributed by atoms with Crippen LogP contribution in [0.3, 0.4) is 0 Å². The first kappa shape index (κ1) is 11.3. The smallest absolute Gasteiger partial charge is 0.264 e. The molecule has 1 fully saturated rings. The highest BCUT2D eigenvalue weighted by atomic mass is 19.3. The van der Waals surface area contributed by atoms with Crippen LogP contribution in [0.25, 0.3) is 0 Å². The summed E-state index contributed by atoms with van der Waals surface area (Å²) >= 11 is 0. The summed E-state index contributed by atoms with van der Waals surface area (Å²) in [5.41, 5.74) is 0.837. The number of hydrogen-bond acceptors (Lipinski definition) is 3. The number of halogens is 2. The molecule has 1 aliphatic rings. The molecule has 2 heterocycles. The summed E-state index contributed by atoms with van der Waals surface area (Å²) in [5, 5.41) is 5.74. The number of pyridine rings is 1. The molecule has 0 spiro atoms. The van der Waals surface area contributed by atoms with Gasteiger partial charge in [0.25, 0.3) is 5.92 Å². The van der Waals surface area contributed by atoms with Crippen molar-refractivity contribution in [1.29, 1.82) is 0 Å². The fraction of sp³-hybridized carbons (Fsp3) is 0.545. The second-order valence-corrected chi connectivity index (χ2v) is 4.04. The molecule has 1 aliphatic heterocycles. The van der Waals surface area contributed by atoms with E-state index in [0.29, 0.717) is 19.5 Å². The van der Waals surface area contributed by atoms with E-state index in [2.05, 4.69) is 15.6 Å². The molecule has 1 atom stereocenters. The van der Waals surface area contributed by atoms with Crippen molar-refractivity contribution in [1.82, 2.24) is 10.3 Å². The first-order chi connectivity index (χ1) is 7.68. The number of aromatic nitrogens is 1. The minimum Gasteiger partial charge on any atom is -0.384 e. The molecule has 0 aromatic carbocycles. The molecule has 0 aliphatic carbocycles. The first-order valence-corrected chi connectivity index (χ1v) is 5.41. The molecular weight excluding hydrogens is 212 g/mol. The summed E-state index contributed by atoms with van der Waals surface area (Å²) in [6.07, 6.45) is 3.79. The predicted molar refractivity (Wildman–Crippen MR) is 58.7 cm³/mol. The van der Waals surface area contributed by atoms with Gasteiger partial charge in [0.15, 0.2) is 0 Å². The van der Waals surface area contributed by atoms with Crippen molar-refractivity contribution < 1.29 is 8.78 Å². The second-order valence-electron chi connectivity index (χ2n) is 4.04. The lowest BCUT2D eigenvalue weighted by Gasteiger charge is -2.32. The summed E-state index contributed by atoms with van der Waals surface area (Å²) in [4.78, 5) is 3.87. The van der Waals surface area contributed by atoms with Gasteiger partial charge in [-0.15, -0.1) is 0 Å². The van der Waals surface area contributed by atoms with Crippen LogP contribution in [-0.2, 0) is 0 Å². The van der Waals surface area contributed by atoms with Gasteiger partial charge < -0.3 is 10.6 Å². The minimum absolute atomic E-state index is 0.213. The molecule has 2 rings (SSSR count). The molecule has 1 saturated heterocycles. The molecule has 2 N–H and O–H groups in total. The molecule has 1 aromatic rings. The molecule has 0 unspecified atom stereocenters. The standard InChI is InChI=1S/C11H15F2N3/c12-11(13)8-15-4-1-9(11)7-16-10-2-5-14-6-3-10/h2-3,5-6,9,15H,1,4,7-8H2,(H,14,16)/t9-/m0/s1. The van der Waals surface area contributed by atoms with E-state index in [1.165, 1.54) is 0 Å². The van der Waals surface area contributed by atoms with Crippen molar-refractivity contribution in [3.8, 4) is 0 Å². The fourth-order valence-corrected chi connectivity index (χ4v) is 1.85. The van der Waals surface area contributed by atoms with Gasteiger partial charge in [-0.25, -0.2) is 8.78 Å². The Bertz CT molecular complexity index is 329. The fourth-order valence-electron chi connectivity index (χ4n) is 1.85. The minimum atomic E-state index is -2.61. The molecule has 5 heteroatoms. The van der Waals surface area contributed by atoms with E-state index in [9.17, 15) is 8.78 Å². The molecule has 1 aromatic heterocycles. The van der Waals surface area contributed by atoms with Gasteiger partial charge in [-0.2, -0.15) is 0 Å². The van der Waals surface area contributed by atoms with E-state index in [4.69, 9.17) is 0 Å². The Kier molecular flexibility index (Phi) is 3.33. The van der Waals surface area contributed by atoms with E-state index < -0.39 is 11.8 Å². The highest BCUT2D eigenvalue weighted by molar-refractivity contribution is 5.40. The zero-order chi connectivity index (χ0) is 11.4. The Labute approximate surface area is 93.3 Å². The van der Waals surface area contributed by atoms with Gasteiger partial charge in [-0.3, -0.25) is 4.98 Å². The maximum absolute atomic E-state index is 13.5. The topological polar surface area (TPSA) is 37.0 Å². The predicted octanol–water partition coefficient (Wildman–Crippen LogP) is 1.74. The van der Waals surface area contributed by atoms with Crippen LogP contribution < -0.4 is 10.6 Å². The maximum atomic E-state index is 13.5. The van der Waals surface area contributed by atoms with E-state index in [1.807, 2.05) is 0 Å². The summed E-state index contributed by atoms with van der Waals surface area (Å²) in [6.45, 7) is 0.757. The third-order valence-electron chi connectivity index (χ3n) is 2.86. The van der Waals surface area contributed by atoms with Crippen LogP contribution in [0.1, 0.15) is 6.42 Å². The quantitative estimate of drug-likeness (QED) is 0.825. The SMILES string of the molecule is FC1(F)CNCC[C@H]1CNc1ccncc1. The molecule has 0 bridgehead atoms. The van der Waals surface area contributed by atoms with Crippen LogP contribution in [0.2, 0.25) is 0 Å². The van der Waals surface area contributed by atoms with Gasteiger partial charge in [-0.1, -0.05) is 0 Å². The normalized spacial score (nSPS) is 24.0. The third-order valence-corrected chi connectivity index (χ3v) is 2.86. The van der Waals surface area contributed by atoms with Crippen LogP contribution in [0.4, 0.5) is 14.5 Å². The highest BCUT2D eigenvalue weighted by Crippen LogP contribution is 2.29. The monoisotopic (exact) mass is 227 g/mol. The van der Waals surface area contributed by atoms with Crippen LogP contribution in [0.15, 0.2) is 24.5 Å². The van der Waals surface area contributed by atoms with Gasteiger partial charge in [0.2, 0.25) is 0 Å². The molecule has 0 saturated carbocycles. The van der Waals surface area contributed by atoms with E-state index in [0.717, 1.165) is 5.69 Å². The summed E-state index contributed by atoms with van der Waals surface area (Å²) < 4.78 is 26.9. The number of anilines is 1. The number of piperidine rings is 1. The Hall–Kier alpha value is -1.23.